The van der Waals surface area contributed by atoms with Crippen LogP contribution in [-0.4, -0.2) is 29.6 Å². The van der Waals surface area contributed by atoms with Crippen molar-refractivity contribution in [1.29, 1.82) is 0 Å². The molecule has 0 aliphatic carbocycles. The number of phenolic OH excluding ortho intramolecular Hbond substituents is 1. The lowest BCUT2D eigenvalue weighted by Gasteiger charge is -2.17. The lowest BCUT2D eigenvalue weighted by Crippen LogP contribution is -2.42. The third-order valence-electron chi connectivity index (χ3n) is 2.87. The Hall–Kier alpha value is -1.31. The Morgan fingerprint density at radius 1 is 1.43 bits per heavy atom. The first-order chi connectivity index (χ1) is 9.93. The van der Waals surface area contributed by atoms with Gasteiger partial charge in [0.2, 0.25) is 5.91 Å². The highest BCUT2D eigenvalue weighted by atomic mass is 127. The smallest absolute Gasteiger partial charge is 0.328 e. The van der Waals surface area contributed by atoms with Gasteiger partial charge in [-0.2, -0.15) is 0 Å². The standard InChI is InChI=1S/C15H20INO4/c1-3-4-7-21-15(20)13(17-10(2)18)9-11-8-12(16)5-6-14(11)19/h5-6,8,13,19H,3-4,7,9H2,1-2H3,(H,17,18)/t13-/m0/s1. The number of amides is 1. The maximum absolute atomic E-state index is 12.0. The molecule has 1 aromatic rings. The van der Waals surface area contributed by atoms with E-state index in [1.165, 1.54) is 6.92 Å². The molecule has 0 spiro atoms. The van der Waals surface area contributed by atoms with Gasteiger partial charge >= 0.3 is 5.97 Å². The van der Waals surface area contributed by atoms with Crippen LogP contribution in [-0.2, 0) is 20.7 Å². The molecule has 0 aliphatic rings. The van der Waals surface area contributed by atoms with E-state index < -0.39 is 12.0 Å². The summed E-state index contributed by atoms with van der Waals surface area (Å²) in [6.07, 6.45) is 1.91. The molecule has 0 aliphatic heterocycles. The van der Waals surface area contributed by atoms with Crippen LogP contribution < -0.4 is 5.32 Å². The zero-order chi connectivity index (χ0) is 15.8. The number of carbonyl (C=O) groups excluding carboxylic acids is 2. The second kappa shape index (κ2) is 8.86. The number of hydrogen-bond donors (Lipinski definition) is 2. The first-order valence-electron chi connectivity index (χ1n) is 6.85. The third kappa shape index (κ3) is 6.33. The van der Waals surface area contributed by atoms with E-state index in [9.17, 15) is 14.7 Å². The molecule has 2 N–H and O–H groups in total. The molecule has 0 fully saturated rings. The summed E-state index contributed by atoms with van der Waals surface area (Å²) in [5.41, 5.74) is 0.605. The maximum Gasteiger partial charge on any atom is 0.328 e. The fourth-order valence-corrected chi connectivity index (χ4v) is 2.35. The van der Waals surface area contributed by atoms with Crippen LogP contribution in [0.5, 0.6) is 5.75 Å². The van der Waals surface area contributed by atoms with Crippen LogP contribution in [0.2, 0.25) is 0 Å². The second-order valence-electron chi connectivity index (χ2n) is 4.75. The third-order valence-corrected chi connectivity index (χ3v) is 3.54. The highest BCUT2D eigenvalue weighted by molar-refractivity contribution is 14.1. The van der Waals surface area contributed by atoms with Crippen molar-refractivity contribution in [1.82, 2.24) is 5.32 Å². The number of unbranched alkanes of at least 4 members (excludes halogenated alkanes) is 1. The topological polar surface area (TPSA) is 75.6 Å². The molecule has 0 aromatic heterocycles. The zero-order valence-electron chi connectivity index (χ0n) is 12.2. The van der Waals surface area contributed by atoms with E-state index in [-0.39, 0.29) is 18.1 Å². The minimum absolute atomic E-state index is 0.104. The van der Waals surface area contributed by atoms with Crippen LogP contribution >= 0.6 is 22.6 Å². The monoisotopic (exact) mass is 405 g/mol. The molecule has 0 bridgehead atoms. The van der Waals surface area contributed by atoms with Crippen molar-refractivity contribution < 1.29 is 19.4 Å². The second-order valence-corrected chi connectivity index (χ2v) is 6.00. The number of rotatable bonds is 7. The lowest BCUT2D eigenvalue weighted by atomic mass is 10.0. The first kappa shape index (κ1) is 17.7. The molecular weight excluding hydrogens is 385 g/mol. The van der Waals surface area contributed by atoms with Crippen molar-refractivity contribution in [2.24, 2.45) is 0 Å². The quantitative estimate of drug-likeness (QED) is 0.415. The van der Waals surface area contributed by atoms with Gasteiger partial charge in [0.05, 0.1) is 6.61 Å². The van der Waals surface area contributed by atoms with Crippen LogP contribution in [0.1, 0.15) is 32.3 Å². The predicted molar refractivity (Wildman–Crippen MR) is 88.0 cm³/mol. The molecule has 1 rings (SSSR count). The normalized spacial score (nSPS) is 11.8. The summed E-state index contributed by atoms with van der Waals surface area (Å²) in [5, 5.41) is 12.4. The lowest BCUT2D eigenvalue weighted by molar-refractivity contribution is -0.147. The summed E-state index contributed by atoms with van der Waals surface area (Å²) in [6.45, 7) is 3.69. The summed E-state index contributed by atoms with van der Waals surface area (Å²) in [6, 6.07) is 4.34. The molecule has 5 nitrogen and oxygen atoms in total. The van der Waals surface area contributed by atoms with E-state index in [2.05, 4.69) is 27.9 Å². The van der Waals surface area contributed by atoms with Crippen LogP contribution in [0.3, 0.4) is 0 Å². The average molecular weight is 405 g/mol. The van der Waals surface area contributed by atoms with E-state index in [4.69, 9.17) is 4.74 Å². The van der Waals surface area contributed by atoms with E-state index in [0.717, 1.165) is 16.4 Å². The Morgan fingerprint density at radius 3 is 2.76 bits per heavy atom. The number of esters is 1. The number of aromatic hydroxyl groups is 1. The number of benzene rings is 1. The van der Waals surface area contributed by atoms with Gasteiger partial charge in [0.1, 0.15) is 11.8 Å². The number of carbonyl (C=O) groups is 2. The van der Waals surface area contributed by atoms with Gasteiger partial charge < -0.3 is 15.2 Å². The highest BCUT2D eigenvalue weighted by Gasteiger charge is 2.22. The maximum atomic E-state index is 12.0. The van der Waals surface area contributed by atoms with Gasteiger partial charge in [0, 0.05) is 16.9 Å². The number of ether oxygens (including phenoxy) is 1. The summed E-state index contributed by atoms with van der Waals surface area (Å²) in [4.78, 5) is 23.3. The first-order valence-corrected chi connectivity index (χ1v) is 7.93. The Kier molecular flexibility index (Phi) is 7.49. The van der Waals surface area contributed by atoms with Crippen LogP contribution in [0.15, 0.2) is 18.2 Å². The predicted octanol–water partition coefficient (Wildman–Crippen LogP) is 2.39. The van der Waals surface area contributed by atoms with Gasteiger partial charge in [0.15, 0.2) is 0 Å². The van der Waals surface area contributed by atoms with Gasteiger partial charge in [-0.3, -0.25) is 4.79 Å². The molecule has 0 saturated heterocycles. The van der Waals surface area contributed by atoms with Gasteiger partial charge in [-0.15, -0.1) is 0 Å². The largest absolute Gasteiger partial charge is 0.508 e. The summed E-state index contributed by atoms with van der Waals surface area (Å²) in [5.74, 6) is -0.679. The van der Waals surface area contributed by atoms with Crippen molar-refractivity contribution >= 4 is 34.5 Å². The Balaban J connectivity index is 2.79. The molecule has 0 heterocycles. The van der Waals surface area contributed by atoms with Crippen LogP contribution in [0, 0.1) is 3.57 Å². The van der Waals surface area contributed by atoms with E-state index in [1.807, 2.05) is 6.92 Å². The Labute approximate surface area is 138 Å². The molecule has 116 valence electrons. The van der Waals surface area contributed by atoms with Crippen LogP contribution in [0.25, 0.3) is 0 Å². The summed E-state index contributed by atoms with van der Waals surface area (Å²) < 4.78 is 6.10. The van der Waals surface area contributed by atoms with Gasteiger partial charge in [-0.1, -0.05) is 13.3 Å². The van der Waals surface area contributed by atoms with Crippen molar-refractivity contribution in [3.05, 3.63) is 27.3 Å². The minimum atomic E-state index is -0.788. The molecule has 1 amide bonds. The zero-order valence-corrected chi connectivity index (χ0v) is 14.3. The Bertz CT molecular complexity index is 504. The van der Waals surface area contributed by atoms with E-state index in [1.54, 1.807) is 18.2 Å². The fourth-order valence-electron chi connectivity index (χ4n) is 1.79. The molecular formula is C15H20INO4. The summed E-state index contributed by atoms with van der Waals surface area (Å²) in [7, 11) is 0. The molecule has 1 atom stereocenters. The van der Waals surface area contributed by atoms with Gasteiger partial charge in [-0.05, 0) is 52.8 Å². The van der Waals surface area contributed by atoms with E-state index in [0.29, 0.717) is 12.2 Å². The number of nitrogens with one attached hydrogen (secondary N) is 1. The van der Waals surface area contributed by atoms with Crippen molar-refractivity contribution in [3.63, 3.8) is 0 Å². The van der Waals surface area contributed by atoms with Crippen LogP contribution in [0.4, 0.5) is 0 Å². The number of halogens is 1. The molecule has 1 aromatic carbocycles. The molecule has 0 radical (unpaired) electrons. The SMILES string of the molecule is CCCCOC(=O)[C@H](Cc1cc(I)ccc1O)NC(C)=O. The molecule has 6 heteroatoms. The fraction of sp³-hybridized carbons (Fsp3) is 0.467. The minimum Gasteiger partial charge on any atom is -0.508 e. The average Bonchev–Trinajstić information content (AvgIpc) is 2.41. The highest BCUT2D eigenvalue weighted by Crippen LogP contribution is 2.21. The van der Waals surface area contributed by atoms with Crippen molar-refractivity contribution in [2.45, 2.75) is 39.2 Å². The molecule has 21 heavy (non-hydrogen) atoms. The van der Waals surface area contributed by atoms with Gasteiger partial charge in [-0.25, -0.2) is 4.79 Å². The number of hydrogen-bond acceptors (Lipinski definition) is 4. The van der Waals surface area contributed by atoms with Crippen molar-refractivity contribution in [3.8, 4) is 5.75 Å². The summed E-state index contributed by atoms with van der Waals surface area (Å²) >= 11 is 2.12. The van der Waals surface area contributed by atoms with Crippen molar-refractivity contribution in [2.75, 3.05) is 6.61 Å². The van der Waals surface area contributed by atoms with Gasteiger partial charge in [0.25, 0.3) is 0 Å². The number of phenols is 1. The molecule has 0 unspecified atom stereocenters. The molecule has 0 saturated carbocycles. The van der Waals surface area contributed by atoms with E-state index >= 15 is 0 Å². The Morgan fingerprint density at radius 2 is 2.14 bits per heavy atom.